The van der Waals surface area contributed by atoms with Gasteiger partial charge in [0.15, 0.2) is 5.69 Å². The van der Waals surface area contributed by atoms with Crippen LogP contribution in [0.4, 0.5) is 0 Å². The number of nitrogens with zero attached hydrogens (tertiary/aromatic N) is 3. The molecule has 0 aliphatic heterocycles. The predicted molar refractivity (Wildman–Crippen MR) is 100 cm³/mol. The average Bonchev–Trinajstić information content (AvgIpc) is 3.03. The quantitative estimate of drug-likeness (QED) is 0.754. The molecule has 0 spiro atoms. The van der Waals surface area contributed by atoms with Crippen molar-refractivity contribution in [3.63, 3.8) is 0 Å². The number of carbonyl (C=O) groups is 1. The molecule has 6 nitrogen and oxygen atoms in total. The van der Waals surface area contributed by atoms with Gasteiger partial charge in [0.05, 0.1) is 11.4 Å². The first kappa shape index (κ1) is 19.4. The summed E-state index contributed by atoms with van der Waals surface area (Å²) < 4.78 is 1.68. The molecular weight excluding hydrogens is 338 g/mol. The second-order valence-electron chi connectivity index (χ2n) is 6.28. The molecule has 0 radical (unpaired) electrons. The van der Waals surface area contributed by atoms with Crippen LogP contribution in [-0.2, 0) is 6.42 Å². The predicted octanol–water partition coefficient (Wildman–Crippen LogP) is 3.12. The zero-order valence-corrected chi connectivity index (χ0v) is 15.8. The summed E-state index contributed by atoms with van der Waals surface area (Å²) in [6, 6.07) is 7.34. The molecule has 1 amide bonds. The van der Waals surface area contributed by atoms with Crippen molar-refractivity contribution in [2.45, 2.75) is 52.0 Å². The van der Waals surface area contributed by atoms with E-state index in [1.54, 1.807) is 16.8 Å². The van der Waals surface area contributed by atoms with Gasteiger partial charge in [-0.1, -0.05) is 50.1 Å². The van der Waals surface area contributed by atoms with Gasteiger partial charge in [0.1, 0.15) is 0 Å². The molecule has 0 atom stereocenters. The van der Waals surface area contributed by atoms with Crippen molar-refractivity contribution in [2.75, 3.05) is 6.54 Å². The molecule has 136 valence electrons. The number of benzene rings is 1. The summed E-state index contributed by atoms with van der Waals surface area (Å²) in [5, 5.41) is 11.8. The molecule has 2 aromatic rings. The third-order valence-electron chi connectivity index (χ3n) is 4.53. The minimum Gasteiger partial charge on any atom is -0.349 e. The maximum Gasteiger partial charge on any atom is 0.273 e. The largest absolute Gasteiger partial charge is 0.349 e. The van der Waals surface area contributed by atoms with Crippen molar-refractivity contribution in [1.82, 2.24) is 20.3 Å². The van der Waals surface area contributed by atoms with Gasteiger partial charge in [0.25, 0.3) is 5.91 Å². The van der Waals surface area contributed by atoms with E-state index in [0.717, 1.165) is 30.6 Å². The van der Waals surface area contributed by atoms with Crippen LogP contribution in [0.3, 0.4) is 0 Å². The Labute approximate surface area is 153 Å². The molecule has 0 aliphatic carbocycles. The maximum atomic E-state index is 12.6. The lowest BCUT2D eigenvalue weighted by Gasteiger charge is -2.26. The van der Waals surface area contributed by atoms with Crippen LogP contribution in [0.15, 0.2) is 24.3 Å². The van der Waals surface area contributed by atoms with Crippen LogP contribution < -0.4 is 11.1 Å². The summed E-state index contributed by atoms with van der Waals surface area (Å²) in [5.74, 6) is -0.242. The van der Waals surface area contributed by atoms with Gasteiger partial charge < -0.3 is 11.1 Å². The van der Waals surface area contributed by atoms with Crippen LogP contribution in [0.2, 0.25) is 5.02 Å². The summed E-state index contributed by atoms with van der Waals surface area (Å²) >= 11 is 6.07. The van der Waals surface area contributed by atoms with E-state index in [2.05, 4.69) is 22.6 Å². The lowest BCUT2D eigenvalue weighted by Crippen LogP contribution is -2.49. The smallest absolute Gasteiger partial charge is 0.273 e. The first-order chi connectivity index (χ1) is 11.9. The summed E-state index contributed by atoms with van der Waals surface area (Å²) in [5.41, 5.74) is 7.77. The number of rotatable bonds is 8. The van der Waals surface area contributed by atoms with Gasteiger partial charge >= 0.3 is 0 Å². The third kappa shape index (κ3) is 4.58. The normalized spacial score (nSPS) is 11.6. The summed E-state index contributed by atoms with van der Waals surface area (Å²) in [4.78, 5) is 12.6. The summed E-state index contributed by atoms with van der Waals surface area (Å²) in [6.07, 6.45) is 3.15. The van der Waals surface area contributed by atoms with Crippen LogP contribution in [0.1, 0.15) is 56.2 Å². The first-order valence-corrected chi connectivity index (χ1v) is 9.09. The number of halogens is 1. The Balaban J connectivity index is 2.28. The Bertz CT molecular complexity index is 724. The van der Waals surface area contributed by atoms with E-state index in [1.807, 2.05) is 26.0 Å². The Morgan fingerprint density at radius 2 is 2.04 bits per heavy atom. The molecule has 25 heavy (non-hydrogen) atoms. The van der Waals surface area contributed by atoms with Crippen molar-refractivity contribution in [3.8, 4) is 5.69 Å². The van der Waals surface area contributed by atoms with E-state index >= 15 is 0 Å². The number of amides is 1. The van der Waals surface area contributed by atoms with E-state index in [9.17, 15) is 4.79 Å². The van der Waals surface area contributed by atoms with Gasteiger partial charge in [-0.3, -0.25) is 4.79 Å². The summed E-state index contributed by atoms with van der Waals surface area (Å²) in [7, 11) is 0. The molecule has 0 saturated carbocycles. The fourth-order valence-electron chi connectivity index (χ4n) is 2.59. The van der Waals surface area contributed by atoms with Crippen LogP contribution in [0, 0.1) is 0 Å². The number of carbonyl (C=O) groups excluding carboxylic acids is 1. The highest BCUT2D eigenvalue weighted by atomic mass is 35.5. The lowest BCUT2D eigenvalue weighted by molar-refractivity contribution is 0.0936. The second kappa shape index (κ2) is 8.45. The average molecular weight is 364 g/mol. The number of nitrogens with two attached hydrogens (primary N) is 1. The van der Waals surface area contributed by atoms with Crippen molar-refractivity contribution in [3.05, 3.63) is 40.7 Å². The van der Waals surface area contributed by atoms with Crippen molar-refractivity contribution in [2.24, 2.45) is 5.73 Å². The minimum atomic E-state index is -0.399. The zero-order valence-electron chi connectivity index (χ0n) is 15.1. The lowest BCUT2D eigenvalue weighted by atomic mass is 9.94. The van der Waals surface area contributed by atoms with Crippen molar-refractivity contribution in [1.29, 1.82) is 0 Å². The van der Waals surface area contributed by atoms with Gasteiger partial charge in [-0.15, -0.1) is 5.10 Å². The van der Waals surface area contributed by atoms with Crippen LogP contribution in [-0.4, -0.2) is 33.0 Å². The zero-order chi connectivity index (χ0) is 18.4. The van der Waals surface area contributed by atoms with E-state index < -0.39 is 5.54 Å². The van der Waals surface area contributed by atoms with E-state index in [1.165, 1.54) is 0 Å². The van der Waals surface area contributed by atoms with Crippen LogP contribution >= 0.6 is 11.6 Å². The monoisotopic (exact) mass is 363 g/mol. The first-order valence-electron chi connectivity index (χ1n) is 8.71. The Kier molecular flexibility index (Phi) is 6.56. The van der Waals surface area contributed by atoms with Gasteiger partial charge in [0, 0.05) is 17.1 Å². The SMILES string of the molecule is CCCc1c(C(=O)NCC(N)(CC)CC)nnn1-c1cccc(Cl)c1. The molecule has 1 aromatic carbocycles. The Morgan fingerprint density at radius 1 is 1.32 bits per heavy atom. The molecule has 0 bridgehead atoms. The fraction of sp³-hybridized carbons (Fsp3) is 0.500. The highest BCUT2D eigenvalue weighted by Crippen LogP contribution is 2.19. The topological polar surface area (TPSA) is 85.8 Å². The second-order valence-corrected chi connectivity index (χ2v) is 6.72. The van der Waals surface area contributed by atoms with Gasteiger partial charge in [-0.2, -0.15) is 0 Å². The maximum absolute atomic E-state index is 12.6. The van der Waals surface area contributed by atoms with Crippen LogP contribution in [0.25, 0.3) is 5.69 Å². The van der Waals surface area contributed by atoms with Crippen molar-refractivity contribution >= 4 is 17.5 Å². The number of hydrogen-bond acceptors (Lipinski definition) is 4. The third-order valence-corrected chi connectivity index (χ3v) is 4.76. The fourth-order valence-corrected chi connectivity index (χ4v) is 2.78. The molecule has 7 heteroatoms. The molecule has 0 fully saturated rings. The summed E-state index contributed by atoms with van der Waals surface area (Å²) in [6.45, 7) is 6.51. The van der Waals surface area contributed by atoms with E-state index in [4.69, 9.17) is 17.3 Å². The van der Waals surface area contributed by atoms with Gasteiger partial charge in [-0.05, 0) is 37.5 Å². The molecule has 0 aliphatic rings. The molecule has 2 rings (SSSR count). The molecule has 1 heterocycles. The molecule has 0 saturated heterocycles. The van der Waals surface area contributed by atoms with E-state index in [-0.39, 0.29) is 5.91 Å². The number of nitrogens with one attached hydrogen (secondary N) is 1. The van der Waals surface area contributed by atoms with Gasteiger partial charge in [-0.25, -0.2) is 4.68 Å². The highest BCUT2D eigenvalue weighted by Gasteiger charge is 2.24. The molecular formula is C18H26ClN5O. The standard InChI is InChI=1S/C18H26ClN5O/c1-4-8-15-16(17(25)21-12-18(20,5-2)6-3)22-23-24(15)14-10-7-9-13(19)11-14/h7,9-11H,4-6,8,12,20H2,1-3H3,(H,21,25). The van der Waals surface area contributed by atoms with Crippen LogP contribution in [0.5, 0.6) is 0 Å². The Morgan fingerprint density at radius 3 is 2.64 bits per heavy atom. The molecule has 0 unspecified atom stereocenters. The van der Waals surface area contributed by atoms with Crippen molar-refractivity contribution < 1.29 is 4.79 Å². The number of aromatic nitrogens is 3. The van der Waals surface area contributed by atoms with E-state index in [0.29, 0.717) is 23.7 Å². The number of hydrogen-bond donors (Lipinski definition) is 2. The highest BCUT2D eigenvalue weighted by molar-refractivity contribution is 6.30. The van der Waals surface area contributed by atoms with Gasteiger partial charge in [0.2, 0.25) is 0 Å². The Hall–Kier alpha value is -1.92. The minimum absolute atomic E-state index is 0.242. The molecule has 1 aromatic heterocycles. The molecule has 3 N–H and O–H groups in total.